The van der Waals surface area contributed by atoms with Gasteiger partial charge in [0.05, 0.1) is 19.3 Å². The Bertz CT molecular complexity index is 932. The Morgan fingerprint density at radius 1 is 1.26 bits per heavy atom. The molecule has 1 aromatic carbocycles. The van der Waals surface area contributed by atoms with E-state index >= 15 is 0 Å². The molecule has 4 atom stereocenters. The van der Waals surface area contributed by atoms with Crippen LogP contribution in [0, 0.1) is 0 Å². The zero-order valence-electron chi connectivity index (χ0n) is 14.6. The van der Waals surface area contributed by atoms with Gasteiger partial charge in [0.1, 0.15) is 24.7 Å². The van der Waals surface area contributed by atoms with E-state index in [9.17, 15) is 15.3 Å². The highest BCUT2D eigenvalue weighted by molar-refractivity contribution is 5.79. The van der Waals surface area contributed by atoms with E-state index in [4.69, 9.17) is 10.5 Å². The van der Waals surface area contributed by atoms with Gasteiger partial charge < -0.3 is 25.8 Å². The molecule has 0 amide bonds. The predicted octanol–water partition coefficient (Wildman–Crippen LogP) is -0.477. The first-order chi connectivity index (χ1) is 13.1. The fraction of sp³-hybridized carbons (Fsp3) is 0.389. The molecule has 0 radical (unpaired) electrons. The van der Waals surface area contributed by atoms with Crippen molar-refractivity contribution in [3.8, 4) is 0 Å². The smallest absolute Gasteiger partial charge is 0.251 e. The number of nitrogens with zero attached hydrogens (tertiary/aromatic N) is 4. The van der Waals surface area contributed by atoms with Crippen LogP contribution in [0.2, 0.25) is 0 Å². The molecular formula is C18H22N5O4+. The number of aromatic nitrogens is 4. The summed E-state index contributed by atoms with van der Waals surface area (Å²) < 4.78 is 9.07. The summed E-state index contributed by atoms with van der Waals surface area (Å²) in [6.45, 7) is -0.391. The van der Waals surface area contributed by atoms with Crippen molar-refractivity contribution >= 4 is 17.0 Å². The van der Waals surface area contributed by atoms with Crippen LogP contribution in [0.5, 0.6) is 0 Å². The first-order valence-corrected chi connectivity index (χ1v) is 8.76. The third-order valence-corrected chi connectivity index (χ3v) is 4.98. The third-order valence-electron chi connectivity index (χ3n) is 4.98. The molecule has 1 fully saturated rings. The lowest BCUT2D eigenvalue weighted by Gasteiger charge is -2.16. The van der Waals surface area contributed by atoms with E-state index in [1.165, 1.54) is 0 Å². The van der Waals surface area contributed by atoms with Crippen molar-refractivity contribution in [1.29, 1.82) is 0 Å². The molecule has 1 saturated heterocycles. The molecule has 1 unspecified atom stereocenters. The van der Waals surface area contributed by atoms with Crippen LogP contribution >= 0.6 is 0 Å². The fourth-order valence-electron chi connectivity index (χ4n) is 3.50. The molecule has 4 rings (SSSR count). The number of rotatable bonds is 5. The molecule has 0 saturated carbocycles. The molecule has 27 heavy (non-hydrogen) atoms. The number of aliphatic hydroxyl groups is 3. The van der Waals surface area contributed by atoms with Crippen LogP contribution in [0.3, 0.4) is 0 Å². The lowest BCUT2D eigenvalue weighted by molar-refractivity contribution is -0.703. The van der Waals surface area contributed by atoms with Gasteiger partial charge in [0.2, 0.25) is 12.0 Å². The summed E-state index contributed by atoms with van der Waals surface area (Å²) >= 11 is 0. The number of benzene rings is 1. The highest BCUT2D eigenvalue weighted by Gasteiger charge is 2.36. The molecular weight excluding hydrogens is 350 g/mol. The topological polar surface area (TPSA) is 131 Å². The van der Waals surface area contributed by atoms with E-state index in [-0.39, 0.29) is 19.3 Å². The molecule has 1 aliphatic heterocycles. The Labute approximate surface area is 155 Å². The molecule has 0 bridgehead atoms. The summed E-state index contributed by atoms with van der Waals surface area (Å²) in [6, 6.07) is 9.16. The molecule has 0 spiro atoms. The highest BCUT2D eigenvalue weighted by atomic mass is 16.5. The Balaban J connectivity index is 1.72. The number of hydrogen-bond donors (Lipinski definition) is 4. The summed E-state index contributed by atoms with van der Waals surface area (Å²) in [7, 11) is 0. The largest absolute Gasteiger partial charge is 0.394 e. The molecule has 1 aliphatic rings. The summed E-state index contributed by atoms with van der Waals surface area (Å²) in [5.41, 5.74) is 8.24. The van der Waals surface area contributed by atoms with Gasteiger partial charge in [0.25, 0.3) is 5.82 Å². The fourth-order valence-corrected chi connectivity index (χ4v) is 3.50. The minimum Gasteiger partial charge on any atom is -0.394 e. The van der Waals surface area contributed by atoms with Gasteiger partial charge in [-0.3, -0.25) is 4.57 Å². The molecule has 9 heteroatoms. The summed E-state index contributed by atoms with van der Waals surface area (Å²) in [5.74, 6) is 0.374. The van der Waals surface area contributed by atoms with Crippen LogP contribution < -0.4 is 10.3 Å². The maximum atomic E-state index is 9.96. The number of fused-ring (bicyclic) bond motifs is 1. The zero-order chi connectivity index (χ0) is 19.0. The highest BCUT2D eigenvalue weighted by Crippen LogP contribution is 2.31. The average molecular weight is 372 g/mol. The third kappa shape index (κ3) is 3.04. The van der Waals surface area contributed by atoms with Gasteiger partial charge in [-0.25, -0.2) is 9.55 Å². The first kappa shape index (κ1) is 17.8. The second kappa shape index (κ2) is 7.20. The van der Waals surface area contributed by atoms with E-state index in [1.54, 1.807) is 21.8 Å². The maximum Gasteiger partial charge on any atom is 0.251 e. The SMILES string of the molecule is Nc1c2ncn([C@H]3C[C@H](O)[C@@H](CO)O3)c2nc[n+]1C(CO)c1ccccc1. The van der Waals surface area contributed by atoms with Crippen LogP contribution in [-0.4, -0.2) is 55.3 Å². The van der Waals surface area contributed by atoms with Gasteiger partial charge in [-0.1, -0.05) is 35.3 Å². The normalized spacial score (nSPS) is 23.7. The lowest BCUT2D eigenvalue weighted by Crippen LogP contribution is -2.45. The van der Waals surface area contributed by atoms with Gasteiger partial charge >= 0.3 is 0 Å². The monoisotopic (exact) mass is 372 g/mol. The molecule has 2 aromatic heterocycles. The molecule has 9 nitrogen and oxygen atoms in total. The van der Waals surface area contributed by atoms with Crippen LogP contribution in [0.25, 0.3) is 11.2 Å². The van der Waals surface area contributed by atoms with Gasteiger partial charge in [0, 0.05) is 6.42 Å². The quantitative estimate of drug-likeness (QED) is 0.445. The Hall–Kier alpha value is -2.59. The number of nitrogen functional groups attached to an aromatic ring is 1. The number of imidazole rings is 1. The van der Waals surface area contributed by atoms with Gasteiger partial charge in [-0.15, -0.1) is 0 Å². The average Bonchev–Trinajstić information content (AvgIpc) is 3.28. The summed E-state index contributed by atoms with van der Waals surface area (Å²) in [5, 5.41) is 29.1. The zero-order valence-corrected chi connectivity index (χ0v) is 14.6. The van der Waals surface area contributed by atoms with Crippen molar-refractivity contribution in [2.75, 3.05) is 18.9 Å². The van der Waals surface area contributed by atoms with E-state index < -0.39 is 18.4 Å². The molecule has 142 valence electrons. The maximum absolute atomic E-state index is 9.96. The number of hydrogen-bond acceptors (Lipinski definition) is 7. The van der Waals surface area contributed by atoms with Crippen LogP contribution in [0.4, 0.5) is 5.82 Å². The molecule has 0 aliphatic carbocycles. The van der Waals surface area contributed by atoms with Crippen LogP contribution in [0.1, 0.15) is 24.3 Å². The number of aliphatic hydroxyl groups excluding tert-OH is 3. The van der Waals surface area contributed by atoms with Crippen molar-refractivity contribution in [2.45, 2.75) is 30.9 Å². The molecule has 3 heterocycles. The second-order valence-corrected chi connectivity index (χ2v) is 6.58. The first-order valence-electron chi connectivity index (χ1n) is 8.76. The molecule has 3 aromatic rings. The Morgan fingerprint density at radius 2 is 2.04 bits per heavy atom. The van der Waals surface area contributed by atoms with Crippen molar-refractivity contribution in [2.24, 2.45) is 0 Å². The Morgan fingerprint density at radius 3 is 2.70 bits per heavy atom. The van der Waals surface area contributed by atoms with Gasteiger partial charge in [0.15, 0.2) is 5.52 Å². The second-order valence-electron chi connectivity index (χ2n) is 6.58. The van der Waals surface area contributed by atoms with E-state index in [0.29, 0.717) is 23.4 Å². The van der Waals surface area contributed by atoms with Crippen molar-refractivity contribution < 1.29 is 24.6 Å². The Kier molecular flexibility index (Phi) is 4.75. The van der Waals surface area contributed by atoms with Crippen molar-refractivity contribution in [1.82, 2.24) is 14.5 Å². The van der Waals surface area contributed by atoms with Crippen LogP contribution in [0.15, 0.2) is 43.0 Å². The van der Waals surface area contributed by atoms with E-state index in [2.05, 4.69) is 9.97 Å². The van der Waals surface area contributed by atoms with Gasteiger partial charge in [-0.2, -0.15) is 0 Å². The number of anilines is 1. The molecule has 5 N–H and O–H groups in total. The predicted molar refractivity (Wildman–Crippen MR) is 95.4 cm³/mol. The van der Waals surface area contributed by atoms with Crippen molar-refractivity contribution in [3.05, 3.63) is 48.5 Å². The van der Waals surface area contributed by atoms with E-state index in [1.807, 2.05) is 30.3 Å². The standard InChI is InChI=1S/C18H21N5O4/c19-17-16-18(23(9-20-16)15-6-13(26)14(8-25)27-15)21-10-22(17)12(7-24)11-4-2-1-3-5-11/h1-5,9-10,12-15,19,24-26H,6-8H2/p+1/t12?,13-,14+,15+/m0/s1. The van der Waals surface area contributed by atoms with E-state index in [0.717, 1.165) is 5.56 Å². The summed E-state index contributed by atoms with van der Waals surface area (Å²) in [4.78, 5) is 8.82. The number of nitrogens with two attached hydrogens (primary N) is 1. The summed E-state index contributed by atoms with van der Waals surface area (Å²) in [6.07, 6.45) is 1.60. The number of ether oxygens (including phenoxy) is 1. The van der Waals surface area contributed by atoms with Crippen molar-refractivity contribution in [3.63, 3.8) is 0 Å². The lowest BCUT2D eigenvalue weighted by atomic mass is 10.1. The van der Waals surface area contributed by atoms with Crippen LogP contribution in [-0.2, 0) is 4.74 Å². The van der Waals surface area contributed by atoms with Gasteiger partial charge in [-0.05, 0) is 5.56 Å². The minimum atomic E-state index is -0.750. The minimum absolute atomic E-state index is 0.136.